The molecule has 0 aromatic heterocycles. The van der Waals surface area contributed by atoms with Crippen molar-refractivity contribution in [1.82, 2.24) is 4.90 Å². The predicted octanol–water partition coefficient (Wildman–Crippen LogP) is 1.87. The molecule has 1 aliphatic heterocycles. The Kier molecular flexibility index (Phi) is 4.00. The zero-order valence-corrected chi connectivity index (χ0v) is 9.95. The maximum atomic E-state index is 5.43. The van der Waals surface area contributed by atoms with Gasteiger partial charge in [0.2, 0.25) is 0 Å². The first-order valence-corrected chi connectivity index (χ1v) is 6.21. The quantitative estimate of drug-likeness (QED) is 0.696. The number of rotatable bonds is 5. The van der Waals surface area contributed by atoms with Crippen LogP contribution in [0.3, 0.4) is 0 Å². The fraction of sp³-hybridized carbons (Fsp3) is 1.00. The smallest absolute Gasteiger partial charge is 0.159 e. The third-order valence-corrected chi connectivity index (χ3v) is 3.94. The molecule has 1 heterocycles. The van der Waals surface area contributed by atoms with Crippen molar-refractivity contribution in [2.24, 2.45) is 5.92 Å². The number of hydrogen-bond acceptors (Lipinski definition) is 3. The van der Waals surface area contributed by atoms with Crippen LogP contribution in [-0.2, 0) is 9.47 Å². The summed E-state index contributed by atoms with van der Waals surface area (Å²) in [5.41, 5.74) is 0. The summed E-state index contributed by atoms with van der Waals surface area (Å²) in [5.74, 6) is 0.931. The Morgan fingerprint density at radius 1 is 1.27 bits per heavy atom. The normalized spacial score (nSPS) is 25.8. The van der Waals surface area contributed by atoms with Gasteiger partial charge in [-0.3, -0.25) is 0 Å². The lowest BCUT2D eigenvalue weighted by molar-refractivity contribution is -0.0535. The molecule has 2 rings (SSSR count). The van der Waals surface area contributed by atoms with Crippen LogP contribution in [0.5, 0.6) is 0 Å². The summed E-state index contributed by atoms with van der Waals surface area (Å²) in [5, 5.41) is 0. The van der Waals surface area contributed by atoms with E-state index in [-0.39, 0.29) is 6.29 Å². The lowest BCUT2D eigenvalue weighted by atomic mass is 9.80. The molecular weight excluding hydrogens is 190 g/mol. The average molecular weight is 213 g/mol. The molecule has 1 saturated carbocycles. The van der Waals surface area contributed by atoms with Gasteiger partial charge >= 0.3 is 0 Å². The van der Waals surface area contributed by atoms with E-state index >= 15 is 0 Å². The molecule has 0 radical (unpaired) electrons. The molecule has 0 spiro atoms. The summed E-state index contributed by atoms with van der Waals surface area (Å²) in [6.07, 6.45) is 5.33. The van der Waals surface area contributed by atoms with E-state index in [1.807, 2.05) is 0 Å². The first kappa shape index (κ1) is 11.4. The molecule has 2 fully saturated rings. The predicted molar refractivity (Wildman–Crippen MR) is 59.7 cm³/mol. The van der Waals surface area contributed by atoms with Crippen molar-refractivity contribution in [1.29, 1.82) is 0 Å². The van der Waals surface area contributed by atoms with Gasteiger partial charge < -0.3 is 14.4 Å². The van der Waals surface area contributed by atoms with Gasteiger partial charge in [0.1, 0.15) is 0 Å². The van der Waals surface area contributed by atoms with E-state index in [4.69, 9.17) is 9.47 Å². The highest BCUT2D eigenvalue weighted by molar-refractivity contribution is 4.80. The average Bonchev–Trinajstić information content (AvgIpc) is 2.63. The van der Waals surface area contributed by atoms with Crippen molar-refractivity contribution in [2.45, 2.75) is 44.9 Å². The second-order valence-corrected chi connectivity index (χ2v) is 4.87. The number of nitrogens with zero attached hydrogens (tertiary/aromatic N) is 1. The topological polar surface area (TPSA) is 21.7 Å². The molecule has 2 aliphatic rings. The van der Waals surface area contributed by atoms with Crippen molar-refractivity contribution < 1.29 is 9.47 Å². The zero-order chi connectivity index (χ0) is 10.7. The van der Waals surface area contributed by atoms with Crippen LogP contribution in [0.1, 0.15) is 32.6 Å². The van der Waals surface area contributed by atoms with Crippen LogP contribution in [0.4, 0.5) is 0 Å². The van der Waals surface area contributed by atoms with Crippen LogP contribution in [0.2, 0.25) is 0 Å². The number of hydrogen-bond donors (Lipinski definition) is 0. The van der Waals surface area contributed by atoms with Gasteiger partial charge in [-0.1, -0.05) is 6.42 Å². The molecule has 15 heavy (non-hydrogen) atoms. The maximum absolute atomic E-state index is 5.43. The van der Waals surface area contributed by atoms with Crippen LogP contribution in [0.25, 0.3) is 0 Å². The summed E-state index contributed by atoms with van der Waals surface area (Å²) in [4.78, 5) is 2.45. The zero-order valence-electron chi connectivity index (χ0n) is 9.95. The van der Waals surface area contributed by atoms with E-state index in [1.165, 1.54) is 19.3 Å². The summed E-state index contributed by atoms with van der Waals surface area (Å²) < 4.78 is 10.9. The molecule has 0 aromatic carbocycles. The van der Waals surface area contributed by atoms with Crippen LogP contribution in [0.15, 0.2) is 0 Å². The van der Waals surface area contributed by atoms with Gasteiger partial charge in [0, 0.05) is 19.0 Å². The monoisotopic (exact) mass is 213 g/mol. The summed E-state index contributed by atoms with van der Waals surface area (Å²) in [6.45, 7) is 4.97. The van der Waals surface area contributed by atoms with Crippen LogP contribution in [-0.4, -0.2) is 44.0 Å². The first-order chi connectivity index (χ1) is 7.27. The molecular formula is C12H23NO2. The SMILES string of the molecule is C[C@H](C1CCC1)N(C)CCC1OCCO1. The van der Waals surface area contributed by atoms with Crippen molar-refractivity contribution in [3.05, 3.63) is 0 Å². The highest BCUT2D eigenvalue weighted by Gasteiger charge is 2.27. The summed E-state index contributed by atoms with van der Waals surface area (Å²) in [6, 6.07) is 0.722. The van der Waals surface area contributed by atoms with Gasteiger partial charge in [-0.15, -0.1) is 0 Å². The highest BCUT2D eigenvalue weighted by Crippen LogP contribution is 2.31. The minimum absolute atomic E-state index is 0.0565. The van der Waals surface area contributed by atoms with Gasteiger partial charge in [0.15, 0.2) is 6.29 Å². The largest absolute Gasteiger partial charge is 0.350 e. The van der Waals surface area contributed by atoms with Crippen molar-refractivity contribution in [2.75, 3.05) is 26.8 Å². The molecule has 0 unspecified atom stereocenters. The Bertz CT molecular complexity index is 188. The van der Waals surface area contributed by atoms with Crippen molar-refractivity contribution in [3.63, 3.8) is 0 Å². The lowest BCUT2D eigenvalue weighted by Crippen LogP contribution is -2.39. The molecule has 1 saturated heterocycles. The van der Waals surface area contributed by atoms with E-state index in [0.29, 0.717) is 0 Å². The minimum Gasteiger partial charge on any atom is -0.350 e. The van der Waals surface area contributed by atoms with E-state index in [1.54, 1.807) is 0 Å². The van der Waals surface area contributed by atoms with Crippen molar-refractivity contribution in [3.8, 4) is 0 Å². The molecule has 0 bridgehead atoms. The molecule has 0 aromatic rings. The molecule has 0 N–H and O–H groups in total. The van der Waals surface area contributed by atoms with Gasteiger partial charge in [0.05, 0.1) is 13.2 Å². The first-order valence-electron chi connectivity index (χ1n) is 6.21. The van der Waals surface area contributed by atoms with Gasteiger partial charge in [0.25, 0.3) is 0 Å². The van der Waals surface area contributed by atoms with E-state index in [9.17, 15) is 0 Å². The molecule has 88 valence electrons. The van der Waals surface area contributed by atoms with E-state index in [0.717, 1.165) is 38.1 Å². The standard InChI is InChI=1S/C12H23NO2/c1-10(11-4-3-5-11)13(2)7-6-12-14-8-9-15-12/h10-12H,3-9H2,1-2H3/t10-/m1/s1. The second-order valence-electron chi connectivity index (χ2n) is 4.87. The fourth-order valence-corrected chi connectivity index (χ4v) is 2.37. The van der Waals surface area contributed by atoms with Crippen LogP contribution < -0.4 is 0 Å². The van der Waals surface area contributed by atoms with Crippen LogP contribution >= 0.6 is 0 Å². The van der Waals surface area contributed by atoms with Gasteiger partial charge in [-0.2, -0.15) is 0 Å². The summed E-state index contributed by atoms with van der Waals surface area (Å²) in [7, 11) is 2.22. The van der Waals surface area contributed by atoms with Gasteiger partial charge in [-0.05, 0) is 32.7 Å². The molecule has 3 heteroatoms. The molecule has 0 amide bonds. The third kappa shape index (κ3) is 2.92. The lowest BCUT2D eigenvalue weighted by Gasteiger charge is -2.37. The van der Waals surface area contributed by atoms with E-state index < -0.39 is 0 Å². The highest BCUT2D eigenvalue weighted by atomic mass is 16.7. The molecule has 3 nitrogen and oxygen atoms in total. The Balaban J connectivity index is 1.64. The Morgan fingerprint density at radius 3 is 2.47 bits per heavy atom. The van der Waals surface area contributed by atoms with E-state index in [2.05, 4.69) is 18.9 Å². The van der Waals surface area contributed by atoms with Crippen LogP contribution in [0, 0.1) is 5.92 Å². The Morgan fingerprint density at radius 2 is 1.93 bits per heavy atom. The second kappa shape index (κ2) is 5.28. The van der Waals surface area contributed by atoms with Crippen molar-refractivity contribution >= 4 is 0 Å². The Hall–Kier alpha value is -0.120. The maximum Gasteiger partial charge on any atom is 0.159 e. The summed E-state index contributed by atoms with van der Waals surface area (Å²) >= 11 is 0. The Labute approximate surface area is 92.7 Å². The van der Waals surface area contributed by atoms with Gasteiger partial charge in [-0.25, -0.2) is 0 Å². The third-order valence-electron chi connectivity index (χ3n) is 3.94. The number of ether oxygens (including phenoxy) is 2. The minimum atomic E-state index is 0.0565. The molecule has 1 atom stereocenters. The molecule has 1 aliphatic carbocycles. The fourth-order valence-electron chi connectivity index (χ4n) is 2.37.